The van der Waals surface area contributed by atoms with Gasteiger partial charge in [-0.15, -0.1) is 0 Å². The second-order valence-corrected chi connectivity index (χ2v) is 10.3. The lowest BCUT2D eigenvalue weighted by Gasteiger charge is -2.43. The molecule has 1 aromatic carbocycles. The van der Waals surface area contributed by atoms with Crippen LogP contribution in [-0.2, 0) is 17.8 Å². The SMILES string of the molecule is CC(=O)N1CCC(CNc2cc(C(=O)N3CC[C@H](N4CCc5ccccc5C4)[C@@H](O)C3)ncn2)CC1. The van der Waals surface area contributed by atoms with Gasteiger partial charge in [0.2, 0.25) is 5.91 Å². The summed E-state index contributed by atoms with van der Waals surface area (Å²) in [5.41, 5.74) is 3.07. The van der Waals surface area contributed by atoms with Crippen molar-refractivity contribution in [3.05, 3.63) is 53.5 Å². The average Bonchev–Trinajstić information content (AvgIpc) is 2.91. The third-order valence-electron chi connectivity index (χ3n) is 7.98. The van der Waals surface area contributed by atoms with E-state index < -0.39 is 6.10 Å². The maximum Gasteiger partial charge on any atom is 0.272 e. The van der Waals surface area contributed by atoms with Crippen LogP contribution in [0.25, 0.3) is 0 Å². The first-order valence-electron chi connectivity index (χ1n) is 13.1. The third kappa shape index (κ3) is 5.52. The topological polar surface area (TPSA) is 102 Å². The van der Waals surface area contributed by atoms with Crippen LogP contribution >= 0.6 is 0 Å². The van der Waals surface area contributed by atoms with Crippen molar-refractivity contribution < 1.29 is 14.7 Å². The van der Waals surface area contributed by atoms with Crippen molar-refractivity contribution >= 4 is 17.6 Å². The second kappa shape index (κ2) is 10.9. The molecule has 3 aliphatic heterocycles. The van der Waals surface area contributed by atoms with Crippen LogP contribution in [0, 0.1) is 5.92 Å². The second-order valence-electron chi connectivity index (χ2n) is 10.3. The van der Waals surface area contributed by atoms with Gasteiger partial charge in [0.25, 0.3) is 5.91 Å². The highest BCUT2D eigenvalue weighted by Crippen LogP contribution is 2.26. The van der Waals surface area contributed by atoms with Gasteiger partial charge in [0.05, 0.1) is 6.10 Å². The Morgan fingerprint density at radius 3 is 2.53 bits per heavy atom. The Hall–Kier alpha value is -3.04. The lowest BCUT2D eigenvalue weighted by Crippen LogP contribution is -2.56. The summed E-state index contributed by atoms with van der Waals surface area (Å²) >= 11 is 0. The Bertz CT molecular complexity index is 1090. The van der Waals surface area contributed by atoms with Gasteiger partial charge < -0.3 is 20.2 Å². The number of nitrogens with zero attached hydrogens (tertiary/aromatic N) is 5. The minimum absolute atomic E-state index is 0.0550. The fourth-order valence-corrected chi connectivity index (χ4v) is 5.76. The Labute approximate surface area is 212 Å². The Morgan fingerprint density at radius 2 is 1.78 bits per heavy atom. The number of carbonyl (C=O) groups excluding carboxylic acids is 2. The molecule has 0 bridgehead atoms. The molecule has 36 heavy (non-hydrogen) atoms. The fourth-order valence-electron chi connectivity index (χ4n) is 5.76. The molecular formula is C27H36N6O3. The van der Waals surface area contributed by atoms with Gasteiger partial charge in [0, 0.05) is 64.8 Å². The fraction of sp³-hybridized carbons (Fsp3) is 0.556. The van der Waals surface area contributed by atoms with E-state index >= 15 is 0 Å². The lowest BCUT2D eigenvalue weighted by molar-refractivity contribution is -0.130. The van der Waals surface area contributed by atoms with E-state index in [0.717, 1.165) is 58.4 Å². The van der Waals surface area contributed by atoms with Crippen molar-refractivity contribution in [2.24, 2.45) is 5.92 Å². The number of rotatable bonds is 5. The summed E-state index contributed by atoms with van der Waals surface area (Å²) in [6.07, 6.45) is 4.48. The van der Waals surface area contributed by atoms with Crippen LogP contribution in [0.4, 0.5) is 5.82 Å². The number of amides is 2. The molecule has 9 nitrogen and oxygen atoms in total. The first-order chi connectivity index (χ1) is 17.5. The molecule has 2 N–H and O–H groups in total. The molecule has 0 saturated carbocycles. The normalized spacial score (nSPS) is 23.3. The van der Waals surface area contributed by atoms with E-state index in [1.165, 1.54) is 17.5 Å². The lowest BCUT2D eigenvalue weighted by atomic mass is 9.94. The largest absolute Gasteiger partial charge is 0.390 e. The van der Waals surface area contributed by atoms with E-state index in [1.54, 1.807) is 17.9 Å². The number of β-amino-alcohol motifs (C(OH)–C–C–N with tert-alkyl or cyclic N) is 1. The van der Waals surface area contributed by atoms with Crippen molar-refractivity contribution in [3.8, 4) is 0 Å². The van der Waals surface area contributed by atoms with Crippen LogP contribution in [-0.4, -0.2) is 93.0 Å². The molecular weight excluding hydrogens is 456 g/mol. The number of aromatic nitrogens is 2. The van der Waals surface area contributed by atoms with E-state index in [2.05, 4.69) is 44.5 Å². The molecule has 2 saturated heterocycles. The zero-order valence-electron chi connectivity index (χ0n) is 21.0. The Balaban J connectivity index is 1.14. The van der Waals surface area contributed by atoms with E-state index in [9.17, 15) is 14.7 Å². The van der Waals surface area contributed by atoms with Crippen LogP contribution in [0.1, 0.15) is 47.8 Å². The van der Waals surface area contributed by atoms with Gasteiger partial charge in [-0.1, -0.05) is 24.3 Å². The monoisotopic (exact) mass is 492 g/mol. The number of hydrogen-bond acceptors (Lipinski definition) is 7. The first-order valence-corrected chi connectivity index (χ1v) is 13.1. The molecule has 2 amide bonds. The molecule has 2 atom stereocenters. The van der Waals surface area contributed by atoms with Crippen LogP contribution in [0.5, 0.6) is 0 Å². The van der Waals surface area contributed by atoms with Gasteiger partial charge in [-0.2, -0.15) is 0 Å². The number of carbonyl (C=O) groups is 2. The van der Waals surface area contributed by atoms with Crippen LogP contribution < -0.4 is 5.32 Å². The van der Waals surface area contributed by atoms with E-state index in [1.807, 2.05) is 4.90 Å². The summed E-state index contributed by atoms with van der Waals surface area (Å²) in [7, 11) is 0. The number of benzene rings is 1. The molecule has 1 aromatic heterocycles. The molecule has 2 aromatic rings. The molecule has 5 rings (SSSR count). The number of nitrogens with one attached hydrogen (secondary N) is 1. The first kappa shape index (κ1) is 24.6. The smallest absolute Gasteiger partial charge is 0.272 e. The molecule has 192 valence electrons. The summed E-state index contributed by atoms with van der Waals surface area (Å²) < 4.78 is 0. The van der Waals surface area contributed by atoms with E-state index in [-0.39, 0.29) is 17.9 Å². The van der Waals surface area contributed by atoms with Gasteiger partial charge in [0.15, 0.2) is 0 Å². The number of anilines is 1. The predicted molar refractivity (Wildman–Crippen MR) is 136 cm³/mol. The van der Waals surface area contributed by atoms with Crippen molar-refractivity contribution in [1.29, 1.82) is 0 Å². The van der Waals surface area contributed by atoms with Crippen molar-refractivity contribution in [2.45, 2.75) is 51.3 Å². The Kier molecular flexibility index (Phi) is 7.48. The molecule has 0 unspecified atom stereocenters. The third-order valence-corrected chi connectivity index (χ3v) is 7.98. The highest BCUT2D eigenvalue weighted by molar-refractivity contribution is 5.93. The number of hydrogen-bond donors (Lipinski definition) is 2. The van der Waals surface area contributed by atoms with Crippen LogP contribution in [0.15, 0.2) is 36.7 Å². The van der Waals surface area contributed by atoms with Crippen molar-refractivity contribution in [2.75, 3.05) is 44.6 Å². The maximum absolute atomic E-state index is 13.2. The standard InChI is InChI=1S/C27H36N6O3/c1-19(34)31-10-6-20(7-11-31)15-28-26-14-23(29-18-30-26)27(36)33-13-9-24(25(35)17-33)32-12-8-21-4-2-3-5-22(21)16-32/h2-5,14,18,20,24-25,35H,6-13,15-17H2,1H3,(H,28,29,30)/t24-,25-/m0/s1. The zero-order valence-corrected chi connectivity index (χ0v) is 21.0. The quantitative estimate of drug-likeness (QED) is 0.656. The van der Waals surface area contributed by atoms with Gasteiger partial charge in [-0.25, -0.2) is 9.97 Å². The average molecular weight is 493 g/mol. The van der Waals surface area contributed by atoms with Gasteiger partial charge >= 0.3 is 0 Å². The summed E-state index contributed by atoms with van der Waals surface area (Å²) in [5.74, 6) is 1.06. The molecule has 9 heteroatoms. The number of aliphatic hydroxyl groups excluding tert-OH is 1. The van der Waals surface area contributed by atoms with E-state index in [0.29, 0.717) is 30.5 Å². The minimum atomic E-state index is -0.590. The molecule has 3 aliphatic rings. The Morgan fingerprint density at radius 1 is 1.03 bits per heavy atom. The molecule has 0 radical (unpaired) electrons. The van der Waals surface area contributed by atoms with E-state index in [4.69, 9.17) is 0 Å². The summed E-state index contributed by atoms with van der Waals surface area (Å²) in [4.78, 5) is 39.2. The molecule has 4 heterocycles. The number of fused-ring (bicyclic) bond motifs is 1. The highest BCUT2D eigenvalue weighted by Gasteiger charge is 2.35. The maximum atomic E-state index is 13.2. The molecule has 2 fully saturated rings. The number of likely N-dealkylation sites (tertiary alicyclic amines) is 2. The summed E-state index contributed by atoms with van der Waals surface area (Å²) in [5, 5.41) is 14.3. The number of piperidine rings is 2. The summed E-state index contributed by atoms with van der Waals surface area (Å²) in [6, 6.07) is 10.3. The van der Waals surface area contributed by atoms with Crippen LogP contribution in [0.3, 0.4) is 0 Å². The van der Waals surface area contributed by atoms with Crippen molar-refractivity contribution in [3.63, 3.8) is 0 Å². The minimum Gasteiger partial charge on any atom is -0.390 e. The van der Waals surface area contributed by atoms with Gasteiger partial charge in [0.1, 0.15) is 17.8 Å². The molecule has 0 aliphatic carbocycles. The van der Waals surface area contributed by atoms with Crippen molar-refractivity contribution in [1.82, 2.24) is 24.7 Å². The number of aliphatic hydroxyl groups is 1. The highest BCUT2D eigenvalue weighted by atomic mass is 16.3. The van der Waals surface area contributed by atoms with Gasteiger partial charge in [-0.3, -0.25) is 14.5 Å². The predicted octanol–water partition coefficient (Wildman–Crippen LogP) is 1.78. The molecule has 0 spiro atoms. The van der Waals surface area contributed by atoms with Gasteiger partial charge in [-0.05, 0) is 42.7 Å². The zero-order chi connectivity index (χ0) is 25.1. The van der Waals surface area contributed by atoms with Crippen LogP contribution in [0.2, 0.25) is 0 Å². The summed E-state index contributed by atoms with van der Waals surface area (Å²) in [6.45, 7) is 6.63.